The number of hydrogen-bond acceptors (Lipinski definition) is 6. The van der Waals surface area contributed by atoms with E-state index in [4.69, 9.17) is 16.6 Å². The van der Waals surface area contributed by atoms with Gasteiger partial charge in [-0.15, -0.1) is 0 Å². The molecule has 0 aromatic heterocycles. The second-order valence-electron chi connectivity index (χ2n) is 4.44. The molecule has 0 fully saturated rings. The van der Waals surface area contributed by atoms with Crippen molar-refractivity contribution >= 4 is 36.3 Å². The predicted octanol–water partition coefficient (Wildman–Crippen LogP) is -2.42. The van der Waals surface area contributed by atoms with E-state index in [0.29, 0.717) is 0 Å². The van der Waals surface area contributed by atoms with Gasteiger partial charge >= 0.3 is 5.97 Å². The van der Waals surface area contributed by atoms with E-state index in [1.54, 1.807) is 0 Å². The SMILES string of the molecule is C[C@H](N)C(=O)N[C@@H](CCC(N)=O)C(=O)N[C@@H](CS)C(=O)O. The second kappa shape index (κ2) is 9.19. The molecule has 0 unspecified atom stereocenters. The van der Waals surface area contributed by atoms with Gasteiger partial charge in [0.2, 0.25) is 17.7 Å². The first-order chi connectivity index (χ1) is 9.68. The van der Waals surface area contributed by atoms with Gasteiger partial charge in [0.1, 0.15) is 12.1 Å². The third kappa shape index (κ3) is 7.51. The molecule has 0 aromatic carbocycles. The van der Waals surface area contributed by atoms with Crippen LogP contribution in [0.25, 0.3) is 0 Å². The number of carbonyl (C=O) groups is 4. The van der Waals surface area contributed by atoms with E-state index >= 15 is 0 Å². The minimum Gasteiger partial charge on any atom is -0.480 e. The van der Waals surface area contributed by atoms with Crippen molar-refractivity contribution in [2.45, 2.75) is 37.9 Å². The summed E-state index contributed by atoms with van der Waals surface area (Å²) < 4.78 is 0. The molecule has 0 aliphatic heterocycles. The summed E-state index contributed by atoms with van der Waals surface area (Å²) in [6.45, 7) is 1.42. The normalized spacial score (nSPS) is 14.6. The zero-order valence-electron chi connectivity index (χ0n) is 11.5. The number of hydrogen-bond donors (Lipinski definition) is 6. The Morgan fingerprint density at radius 2 is 1.67 bits per heavy atom. The standard InChI is InChI=1S/C11H20N4O5S/c1-5(12)9(17)14-6(2-3-8(13)16)10(18)15-7(4-21)11(19)20/h5-7,21H,2-4,12H2,1H3,(H2,13,16)(H,14,17)(H,15,18)(H,19,20)/t5-,6-,7-/m0/s1. The van der Waals surface area contributed by atoms with Crippen molar-refractivity contribution in [3.8, 4) is 0 Å². The van der Waals surface area contributed by atoms with Crippen LogP contribution in [-0.2, 0) is 19.2 Å². The summed E-state index contributed by atoms with van der Waals surface area (Å²) in [5, 5.41) is 13.4. The van der Waals surface area contributed by atoms with E-state index in [2.05, 4.69) is 23.3 Å². The summed E-state index contributed by atoms with van der Waals surface area (Å²) in [6, 6.07) is -3.16. The zero-order valence-corrected chi connectivity index (χ0v) is 12.4. The summed E-state index contributed by atoms with van der Waals surface area (Å²) in [7, 11) is 0. The Balaban J connectivity index is 4.83. The minimum absolute atomic E-state index is 0.0570. The molecule has 0 saturated carbocycles. The lowest BCUT2D eigenvalue weighted by molar-refractivity contribution is -0.141. The number of carbonyl (C=O) groups excluding carboxylic acids is 3. The molecule has 0 rings (SSSR count). The van der Waals surface area contributed by atoms with Gasteiger partial charge in [-0.2, -0.15) is 12.6 Å². The zero-order chi connectivity index (χ0) is 16.6. The van der Waals surface area contributed by atoms with Crippen molar-refractivity contribution in [1.82, 2.24) is 10.6 Å². The molecule has 0 saturated heterocycles. The fourth-order valence-electron chi connectivity index (χ4n) is 1.32. The van der Waals surface area contributed by atoms with E-state index in [-0.39, 0.29) is 18.6 Å². The molecular weight excluding hydrogens is 300 g/mol. The average molecular weight is 320 g/mol. The van der Waals surface area contributed by atoms with Gasteiger partial charge < -0.3 is 27.2 Å². The number of nitrogens with two attached hydrogens (primary N) is 2. The van der Waals surface area contributed by atoms with Gasteiger partial charge in [0, 0.05) is 12.2 Å². The fraction of sp³-hybridized carbons (Fsp3) is 0.636. The Morgan fingerprint density at radius 1 is 1.14 bits per heavy atom. The Morgan fingerprint density at radius 3 is 2.05 bits per heavy atom. The molecule has 9 nitrogen and oxygen atoms in total. The molecule has 0 aliphatic rings. The maximum absolute atomic E-state index is 12.0. The maximum Gasteiger partial charge on any atom is 0.327 e. The number of amides is 3. The van der Waals surface area contributed by atoms with Gasteiger partial charge in [-0.25, -0.2) is 4.79 Å². The number of aliphatic carboxylic acids is 1. The summed E-state index contributed by atoms with van der Waals surface area (Å²) in [6.07, 6.45) is -0.200. The number of nitrogens with one attached hydrogen (secondary N) is 2. The van der Waals surface area contributed by atoms with Crippen LogP contribution in [0.3, 0.4) is 0 Å². The van der Waals surface area contributed by atoms with Crippen molar-refractivity contribution in [2.75, 3.05) is 5.75 Å². The smallest absolute Gasteiger partial charge is 0.327 e. The van der Waals surface area contributed by atoms with Crippen LogP contribution in [0, 0.1) is 0 Å². The molecule has 3 amide bonds. The van der Waals surface area contributed by atoms with Crippen molar-refractivity contribution in [1.29, 1.82) is 0 Å². The second-order valence-corrected chi connectivity index (χ2v) is 4.80. The number of primary amides is 1. The van der Waals surface area contributed by atoms with Crippen molar-refractivity contribution < 1.29 is 24.3 Å². The highest BCUT2D eigenvalue weighted by Gasteiger charge is 2.26. The molecule has 0 spiro atoms. The van der Waals surface area contributed by atoms with Crippen molar-refractivity contribution in [2.24, 2.45) is 11.5 Å². The first-order valence-corrected chi connectivity index (χ1v) is 6.80. The molecule has 7 N–H and O–H groups in total. The van der Waals surface area contributed by atoms with E-state index < -0.39 is 41.8 Å². The van der Waals surface area contributed by atoms with Crippen LogP contribution in [0.2, 0.25) is 0 Å². The third-order valence-electron chi connectivity index (χ3n) is 2.52. The Bertz CT molecular complexity index is 415. The first-order valence-electron chi connectivity index (χ1n) is 6.17. The number of carboxylic acid groups (broad SMARTS) is 1. The number of thiol groups is 1. The van der Waals surface area contributed by atoms with Gasteiger partial charge in [0.05, 0.1) is 6.04 Å². The Hall–Kier alpha value is -1.81. The molecule has 0 radical (unpaired) electrons. The maximum atomic E-state index is 12.0. The Labute approximate surface area is 127 Å². The molecule has 21 heavy (non-hydrogen) atoms. The number of carboxylic acids is 1. The van der Waals surface area contributed by atoms with Crippen LogP contribution in [-0.4, -0.2) is 52.7 Å². The molecule has 3 atom stereocenters. The molecule has 0 bridgehead atoms. The van der Waals surface area contributed by atoms with E-state index in [9.17, 15) is 19.2 Å². The van der Waals surface area contributed by atoms with Crippen LogP contribution < -0.4 is 22.1 Å². The average Bonchev–Trinajstić information content (AvgIpc) is 2.39. The summed E-state index contributed by atoms with van der Waals surface area (Å²) in [4.78, 5) is 45.1. The lowest BCUT2D eigenvalue weighted by Crippen LogP contribution is -2.54. The van der Waals surface area contributed by atoms with Crippen molar-refractivity contribution in [3.05, 3.63) is 0 Å². The largest absolute Gasteiger partial charge is 0.480 e. The van der Waals surface area contributed by atoms with Crippen LogP contribution >= 0.6 is 12.6 Å². The van der Waals surface area contributed by atoms with Crippen molar-refractivity contribution in [3.63, 3.8) is 0 Å². The van der Waals surface area contributed by atoms with Crippen LogP contribution in [0.4, 0.5) is 0 Å². The van der Waals surface area contributed by atoms with Crippen LogP contribution in [0.5, 0.6) is 0 Å². The fourth-order valence-corrected chi connectivity index (χ4v) is 1.56. The lowest BCUT2D eigenvalue weighted by Gasteiger charge is -2.21. The number of rotatable bonds is 9. The van der Waals surface area contributed by atoms with Gasteiger partial charge in [0.15, 0.2) is 0 Å². The van der Waals surface area contributed by atoms with Gasteiger partial charge in [-0.3, -0.25) is 14.4 Å². The summed E-state index contributed by atoms with van der Waals surface area (Å²) >= 11 is 3.81. The van der Waals surface area contributed by atoms with Gasteiger partial charge in [-0.1, -0.05) is 0 Å². The van der Waals surface area contributed by atoms with E-state index in [0.717, 1.165) is 0 Å². The Kier molecular flexibility index (Phi) is 8.39. The molecule has 0 aromatic rings. The molecule has 10 heteroatoms. The highest BCUT2D eigenvalue weighted by Crippen LogP contribution is 2.00. The molecule has 0 heterocycles. The monoisotopic (exact) mass is 320 g/mol. The molecule has 120 valence electrons. The van der Waals surface area contributed by atoms with Crippen LogP contribution in [0.1, 0.15) is 19.8 Å². The summed E-state index contributed by atoms with van der Waals surface area (Å²) in [5.41, 5.74) is 10.4. The lowest BCUT2D eigenvalue weighted by atomic mass is 10.1. The highest BCUT2D eigenvalue weighted by atomic mass is 32.1. The predicted molar refractivity (Wildman–Crippen MR) is 77.4 cm³/mol. The van der Waals surface area contributed by atoms with E-state index in [1.165, 1.54) is 6.92 Å². The minimum atomic E-state index is -1.26. The highest BCUT2D eigenvalue weighted by molar-refractivity contribution is 7.80. The van der Waals surface area contributed by atoms with E-state index in [1.807, 2.05) is 0 Å². The topological polar surface area (TPSA) is 165 Å². The van der Waals surface area contributed by atoms with Crippen LogP contribution in [0.15, 0.2) is 0 Å². The van der Waals surface area contributed by atoms with Gasteiger partial charge in [0.25, 0.3) is 0 Å². The first kappa shape index (κ1) is 19.2. The van der Waals surface area contributed by atoms with Gasteiger partial charge in [-0.05, 0) is 13.3 Å². The molecule has 0 aliphatic carbocycles. The third-order valence-corrected chi connectivity index (χ3v) is 2.89. The quantitative estimate of drug-likeness (QED) is 0.259. The summed E-state index contributed by atoms with van der Waals surface area (Å²) in [5.74, 6) is -3.37. The molecular formula is C11H20N4O5S.